The lowest BCUT2D eigenvalue weighted by molar-refractivity contribution is -0.117. The van der Waals surface area contributed by atoms with Gasteiger partial charge in [-0.3, -0.25) is 9.59 Å². The summed E-state index contributed by atoms with van der Waals surface area (Å²) in [5, 5.41) is 3.44. The number of rotatable bonds is 6. The Morgan fingerprint density at radius 1 is 1.00 bits per heavy atom. The Kier molecular flexibility index (Phi) is 6.46. The lowest BCUT2D eigenvalue weighted by atomic mass is 10.2. The molecule has 4 rings (SSSR count). The van der Waals surface area contributed by atoms with Gasteiger partial charge >= 0.3 is 0 Å². The fourth-order valence-electron chi connectivity index (χ4n) is 3.40. The van der Waals surface area contributed by atoms with Gasteiger partial charge in [-0.25, -0.2) is 4.98 Å². The number of carbonyl (C=O) groups excluding carboxylic acids is 2. The summed E-state index contributed by atoms with van der Waals surface area (Å²) in [6.07, 6.45) is 0. The van der Waals surface area contributed by atoms with Gasteiger partial charge in [-0.15, -0.1) is 0 Å². The third kappa shape index (κ3) is 4.75. The van der Waals surface area contributed by atoms with Crippen molar-refractivity contribution in [2.24, 2.45) is 0 Å². The van der Waals surface area contributed by atoms with Gasteiger partial charge in [-0.1, -0.05) is 48.2 Å². The van der Waals surface area contributed by atoms with Gasteiger partial charge in [0.2, 0.25) is 11.6 Å². The first kappa shape index (κ1) is 22.5. The molecule has 2 aromatic heterocycles. The largest absolute Gasteiger partial charge is 0.443 e. The molecule has 2 heterocycles. The van der Waals surface area contributed by atoms with E-state index in [0.29, 0.717) is 33.4 Å². The molecule has 33 heavy (non-hydrogen) atoms. The van der Waals surface area contributed by atoms with E-state index in [0.717, 1.165) is 11.3 Å². The average Bonchev–Trinajstić information content (AvgIpc) is 3.12. The zero-order chi connectivity index (χ0) is 23.5. The van der Waals surface area contributed by atoms with Crippen molar-refractivity contribution in [2.75, 3.05) is 17.3 Å². The molecule has 0 aliphatic carbocycles. The number of amides is 2. The van der Waals surface area contributed by atoms with Crippen LogP contribution in [0.4, 0.5) is 11.5 Å². The quantitative estimate of drug-likeness (QED) is 0.313. The second-order valence-corrected chi connectivity index (χ2v) is 8.94. The molecule has 0 aliphatic heterocycles. The van der Waals surface area contributed by atoms with Crippen LogP contribution in [-0.4, -0.2) is 34.1 Å². The highest BCUT2D eigenvalue weighted by molar-refractivity contribution is 8.00. The van der Waals surface area contributed by atoms with Gasteiger partial charge in [0.1, 0.15) is 11.6 Å². The van der Waals surface area contributed by atoms with E-state index in [1.54, 1.807) is 43.1 Å². The minimum atomic E-state index is -0.456. The van der Waals surface area contributed by atoms with Gasteiger partial charge in [0.25, 0.3) is 5.91 Å². The second kappa shape index (κ2) is 9.46. The number of nitrogens with zero attached hydrogens (tertiary/aromatic N) is 3. The summed E-state index contributed by atoms with van der Waals surface area (Å²) in [5.74, 6) is 0.695. The van der Waals surface area contributed by atoms with Gasteiger partial charge in [0.15, 0.2) is 5.16 Å². The van der Waals surface area contributed by atoms with E-state index in [-0.39, 0.29) is 11.8 Å². The van der Waals surface area contributed by atoms with E-state index in [9.17, 15) is 9.59 Å². The van der Waals surface area contributed by atoms with Gasteiger partial charge in [-0.2, -0.15) is 4.98 Å². The lowest BCUT2D eigenvalue weighted by Gasteiger charge is -2.20. The highest BCUT2D eigenvalue weighted by Gasteiger charge is 2.24. The number of aryl methyl sites for hydroxylation is 2. The maximum atomic E-state index is 13.0. The minimum Gasteiger partial charge on any atom is -0.443 e. The molecule has 4 aromatic rings. The summed E-state index contributed by atoms with van der Waals surface area (Å²) in [5.41, 5.74) is 2.56. The van der Waals surface area contributed by atoms with Crippen molar-refractivity contribution in [3.63, 3.8) is 0 Å². The molecule has 168 valence electrons. The summed E-state index contributed by atoms with van der Waals surface area (Å²) < 4.78 is 5.82. The zero-order valence-corrected chi connectivity index (χ0v) is 19.6. The molecule has 8 heteroatoms. The fraction of sp³-hybridized carbons (Fsp3) is 0.200. The lowest BCUT2D eigenvalue weighted by Crippen LogP contribution is -2.33. The number of furan rings is 1. The van der Waals surface area contributed by atoms with E-state index in [4.69, 9.17) is 4.42 Å². The maximum absolute atomic E-state index is 13.0. The summed E-state index contributed by atoms with van der Waals surface area (Å²) in [7, 11) is 1.74. The van der Waals surface area contributed by atoms with Crippen molar-refractivity contribution in [1.29, 1.82) is 0 Å². The van der Waals surface area contributed by atoms with Crippen LogP contribution >= 0.6 is 11.8 Å². The molecule has 0 spiro atoms. The summed E-state index contributed by atoms with van der Waals surface area (Å²) in [6.45, 7) is 5.55. The summed E-state index contributed by atoms with van der Waals surface area (Å²) >= 11 is 1.22. The molecule has 1 unspecified atom stereocenters. The van der Waals surface area contributed by atoms with Crippen LogP contribution in [0.5, 0.6) is 0 Å². The smallest absolute Gasteiger partial charge is 0.256 e. The summed E-state index contributed by atoms with van der Waals surface area (Å²) in [4.78, 5) is 36.5. The number of carbonyl (C=O) groups is 2. The third-order valence-corrected chi connectivity index (χ3v) is 6.33. The predicted molar refractivity (Wildman–Crippen MR) is 131 cm³/mol. The fourth-order valence-corrected chi connectivity index (χ4v) is 4.26. The number of aromatic nitrogens is 2. The molecule has 1 atom stereocenters. The average molecular weight is 461 g/mol. The van der Waals surface area contributed by atoms with E-state index in [1.165, 1.54) is 11.8 Å². The molecule has 1 N–H and O–H groups in total. The van der Waals surface area contributed by atoms with Crippen LogP contribution in [0.2, 0.25) is 0 Å². The minimum absolute atomic E-state index is 0.0865. The van der Waals surface area contributed by atoms with E-state index < -0.39 is 5.25 Å². The predicted octanol–water partition coefficient (Wildman–Crippen LogP) is 5.24. The summed E-state index contributed by atoms with van der Waals surface area (Å²) in [6, 6.07) is 18.4. The number of benzene rings is 2. The normalized spacial score (nSPS) is 11.9. The molecular weight excluding hydrogens is 436 g/mol. The Morgan fingerprint density at radius 3 is 2.30 bits per heavy atom. The Hall–Kier alpha value is -3.65. The van der Waals surface area contributed by atoms with Crippen molar-refractivity contribution in [3.05, 3.63) is 77.6 Å². The van der Waals surface area contributed by atoms with Crippen LogP contribution in [-0.2, 0) is 4.79 Å². The topological polar surface area (TPSA) is 88.3 Å². The molecule has 0 saturated heterocycles. The van der Waals surface area contributed by atoms with Crippen molar-refractivity contribution < 1.29 is 14.0 Å². The first-order valence-electron chi connectivity index (χ1n) is 10.5. The molecule has 0 bridgehead atoms. The standard InChI is InChI=1S/C25H24N4O3S/c1-15-16(2)32-23-20(15)21(26-22(30)18-11-7-5-8-12-18)27-25(28-23)33-17(3)24(31)29(4)19-13-9-6-10-14-19/h5-14,17H,1-4H3,(H,26,27,28,30). The Morgan fingerprint density at radius 2 is 1.64 bits per heavy atom. The number of thioether (sulfide) groups is 1. The molecule has 0 radical (unpaired) electrons. The highest BCUT2D eigenvalue weighted by atomic mass is 32.2. The van der Waals surface area contributed by atoms with Crippen molar-refractivity contribution in [3.8, 4) is 0 Å². The van der Waals surface area contributed by atoms with Crippen LogP contribution in [0.25, 0.3) is 11.1 Å². The number of para-hydroxylation sites is 1. The molecular formula is C25H24N4O3S. The number of anilines is 2. The maximum Gasteiger partial charge on any atom is 0.256 e. The number of hydrogen-bond donors (Lipinski definition) is 1. The molecule has 0 fully saturated rings. The van der Waals surface area contributed by atoms with Crippen molar-refractivity contribution in [1.82, 2.24) is 9.97 Å². The van der Waals surface area contributed by atoms with Gasteiger partial charge in [0.05, 0.1) is 10.6 Å². The van der Waals surface area contributed by atoms with Gasteiger partial charge < -0.3 is 14.6 Å². The van der Waals surface area contributed by atoms with Crippen LogP contribution in [0, 0.1) is 13.8 Å². The SMILES string of the molecule is Cc1oc2nc(SC(C)C(=O)N(C)c3ccccc3)nc(NC(=O)c3ccccc3)c2c1C. The van der Waals surface area contributed by atoms with Crippen LogP contribution in [0.1, 0.15) is 28.6 Å². The van der Waals surface area contributed by atoms with Crippen LogP contribution in [0.3, 0.4) is 0 Å². The molecule has 0 saturated carbocycles. The van der Waals surface area contributed by atoms with Crippen molar-refractivity contribution >= 4 is 46.2 Å². The molecule has 7 nitrogen and oxygen atoms in total. The Labute approximate surface area is 196 Å². The molecule has 2 aromatic carbocycles. The highest BCUT2D eigenvalue weighted by Crippen LogP contribution is 2.33. The number of fused-ring (bicyclic) bond motifs is 1. The van der Waals surface area contributed by atoms with Crippen LogP contribution < -0.4 is 10.2 Å². The van der Waals surface area contributed by atoms with Gasteiger partial charge in [0, 0.05) is 23.9 Å². The first-order valence-corrected chi connectivity index (χ1v) is 11.4. The third-order valence-electron chi connectivity index (χ3n) is 5.38. The molecule has 2 amide bonds. The van der Waals surface area contributed by atoms with Crippen molar-refractivity contribution in [2.45, 2.75) is 31.2 Å². The molecule has 0 aliphatic rings. The van der Waals surface area contributed by atoms with E-state index in [2.05, 4.69) is 15.3 Å². The van der Waals surface area contributed by atoms with E-state index in [1.807, 2.05) is 50.2 Å². The second-order valence-electron chi connectivity index (χ2n) is 7.63. The first-order chi connectivity index (χ1) is 15.8. The Balaban J connectivity index is 1.63. The zero-order valence-electron chi connectivity index (χ0n) is 18.8. The number of hydrogen-bond acceptors (Lipinski definition) is 6. The van der Waals surface area contributed by atoms with Gasteiger partial charge in [-0.05, 0) is 45.0 Å². The van der Waals surface area contributed by atoms with Crippen LogP contribution in [0.15, 0.2) is 70.2 Å². The number of nitrogens with one attached hydrogen (secondary N) is 1. The van der Waals surface area contributed by atoms with E-state index >= 15 is 0 Å². The monoisotopic (exact) mass is 460 g/mol. The Bertz CT molecular complexity index is 1310.